The van der Waals surface area contributed by atoms with Crippen LogP contribution in [0.25, 0.3) is 0 Å². The van der Waals surface area contributed by atoms with Crippen molar-refractivity contribution >= 4 is 54.9 Å². The summed E-state index contributed by atoms with van der Waals surface area (Å²) in [6, 6.07) is 17.1. The minimum absolute atomic E-state index is 0.0265. The first-order chi connectivity index (χ1) is 16.9. The van der Waals surface area contributed by atoms with E-state index in [1.807, 2.05) is 0 Å². The molecule has 0 aliphatic rings. The van der Waals surface area contributed by atoms with Crippen LogP contribution in [0.3, 0.4) is 0 Å². The molecule has 0 heterocycles. The lowest BCUT2D eigenvalue weighted by atomic mass is 10.2. The summed E-state index contributed by atoms with van der Waals surface area (Å²) in [7, 11) is -4.89. The van der Waals surface area contributed by atoms with E-state index in [-0.39, 0.29) is 26.1 Å². The Labute approximate surface area is 213 Å². The van der Waals surface area contributed by atoms with E-state index in [9.17, 15) is 26.4 Å². The molecule has 1 amide bonds. The molecule has 3 aromatic rings. The number of para-hydroxylation sites is 1. The third-order valence-corrected chi connectivity index (χ3v) is 8.29. The van der Waals surface area contributed by atoms with E-state index < -0.39 is 38.5 Å². The van der Waals surface area contributed by atoms with Crippen molar-refractivity contribution in [2.75, 3.05) is 30.7 Å². The van der Waals surface area contributed by atoms with Gasteiger partial charge >= 0.3 is 5.97 Å². The van der Waals surface area contributed by atoms with Crippen LogP contribution in [0.2, 0.25) is 5.02 Å². The number of hydrogen-bond acceptors (Lipinski definition) is 7. The summed E-state index contributed by atoms with van der Waals surface area (Å²) in [4.78, 5) is 24.4. The van der Waals surface area contributed by atoms with Gasteiger partial charge in [0.05, 0.1) is 26.1 Å². The number of halogens is 1. The van der Waals surface area contributed by atoms with Crippen molar-refractivity contribution in [3.8, 4) is 0 Å². The van der Waals surface area contributed by atoms with Gasteiger partial charge in [0.2, 0.25) is 10.0 Å². The van der Waals surface area contributed by atoms with Crippen LogP contribution < -0.4 is 10.0 Å². The summed E-state index contributed by atoms with van der Waals surface area (Å²) in [6.45, 7) is -0.685. The number of nitrogens with one attached hydrogen (secondary N) is 2. The Morgan fingerprint density at radius 2 is 1.50 bits per heavy atom. The molecular formula is C23H22ClN3O7S2. The van der Waals surface area contributed by atoms with E-state index in [0.29, 0.717) is 5.69 Å². The maximum Gasteiger partial charge on any atom is 0.338 e. The Kier molecular flexibility index (Phi) is 8.35. The fourth-order valence-corrected chi connectivity index (χ4v) is 5.01. The van der Waals surface area contributed by atoms with Crippen molar-refractivity contribution < 1.29 is 31.2 Å². The Morgan fingerprint density at radius 1 is 0.889 bits per heavy atom. The Hall–Kier alpha value is -3.45. The Morgan fingerprint density at radius 3 is 2.11 bits per heavy atom. The van der Waals surface area contributed by atoms with Crippen LogP contribution in [0.1, 0.15) is 10.4 Å². The van der Waals surface area contributed by atoms with Gasteiger partial charge in [0.15, 0.2) is 6.61 Å². The summed E-state index contributed by atoms with van der Waals surface area (Å²) in [6.07, 6.45) is 0. The maximum atomic E-state index is 12.5. The number of hydrogen-bond donors (Lipinski definition) is 2. The highest BCUT2D eigenvalue weighted by Crippen LogP contribution is 2.26. The van der Waals surface area contributed by atoms with Crippen LogP contribution in [0.5, 0.6) is 0 Å². The third-order valence-electron chi connectivity index (χ3n) is 4.75. The number of rotatable bonds is 9. The van der Waals surface area contributed by atoms with Crippen LogP contribution in [0, 0.1) is 0 Å². The smallest absolute Gasteiger partial charge is 0.338 e. The quantitative estimate of drug-likeness (QED) is 0.389. The Bertz CT molecular complexity index is 1480. The monoisotopic (exact) mass is 551 g/mol. The second-order valence-electron chi connectivity index (χ2n) is 7.55. The SMILES string of the molecule is CN(C)S(=O)(=O)c1ccc(Cl)c(NC(=O)COC(=O)c2ccc(S(=O)(=O)Nc3ccccc3)cc2)c1. The fraction of sp³-hybridized carbons (Fsp3) is 0.130. The molecule has 36 heavy (non-hydrogen) atoms. The molecule has 0 aromatic heterocycles. The van der Waals surface area contributed by atoms with Gasteiger partial charge < -0.3 is 10.1 Å². The van der Waals surface area contributed by atoms with Crippen LogP contribution >= 0.6 is 11.6 Å². The van der Waals surface area contributed by atoms with E-state index >= 15 is 0 Å². The van der Waals surface area contributed by atoms with Gasteiger partial charge in [-0.05, 0) is 54.6 Å². The number of esters is 1. The standard InChI is InChI=1S/C23H22ClN3O7S2/c1-27(2)36(32,33)19-12-13-20(24)21(14-19)25-22(28)15-34-23(29)16-8-10-18(11-9-16)35(30,31)26-17-6-4-3-5-7-17/h3-14,26H,15H2,1-2H3,(H,25,28). The molecule has 13 heteroatoms. The van der Waals surface area contributed by atoms with E-state index in [1.54, 1.807) is 30.3 Å². The molecule has 0 fully saturated rings. The van der Waals surface area contributed by atoms with Crippen molar-refractivity contribution in [3.05, 3.63) is 83.4 Å². The molecule has 0 aliphatic carbocycles. The number of ether oxygens (including phenoxy) is 1. The minimum atomic E-state index is -3.86. The number of amides is 1. The second kappa shape index (κ2) is 11.1. The average Bonchev–Trinajstić information content (AvgIpc) is 2.84. The molecule has 3 aromatic carbocycles. The first kappa shape index (κ1) is 27.1. The third kappa shape index (κ3) is 6.61. The van der Waals surface area contributed by atoms with Gasteiger partial charge in [-0.1, -0.05) is 29.8 Å². The predicted octanol–water partition coefficient (Wildman–Crippen LogP) is 3.19. The first-order valence-electron chi connectivity index (χ1n) is 10.3. The van der Waals surface area contributed by atoms with Gasteiger partial charge in [-0.3, -0.25) is 9.52 Å². The van der Waals surface area contributed by atoms with Crippen molar-refractivity contribution in [2.45, 2.75) is 9.79 Å². The zero-order valence-corrected chi connectivity index (χ0v) is 21.5. The van der Waals surface area contributed by atoms with E-state index in [4.69, 9.17) is 16.3 Å². The number of carbonyl (C=O) groups excluding carboxylic acids is 2. The largest absolute Gasteiger partial charge is 0.452 e. The first-order valence-corrected chi connectivity index (χ1v) is 13.6. The van der Waals surface area contributed by atoms with E-state index in [0.717, 1.165) is 4.31 Å². The maximum absolute atomic E-state index is 12.5. The molecule has 0 radical (unpaired) electrons. The van der Waals surface area contributed by atoms with Gasteiger partial charge in [0.25, 0.3) is 15.9 Å². The summed E-state index contributed by atoms with van der Waals surface area (Å²) in [5, 5.41) is 2.49. The summed E-state index contributed by atoms with van der Waals surface area (Å²) in [5.41, 5.74) is 0.441. The molecule has 190 valence electrons. The number of anilines is 2. The molecule has 3 rings (SSSR count). The van der Waals surface area contributed by atoms with Gasteiger partial charge in [-0.15, -0.1) is 0 Å². The van der Waals surface area contributed by atoms with Crippen molar-refractivity contribution in [1.29, 1.82) is 0 Å². The summed E-state index contributed by atoms with van der Waals surface area (Å²) in [5.74, 6) is -1.61. The summed E-state index contributed by atoms with van der Waals surface area (Å²) >= 11 is 6.05. The fourth-order valence-electron chi connectivity index (χ4n) is 2.86. The lowest BCUT2D eigenvalue weighted by molar-refractivity contribution is -0.119. The van der Waals surface area contributed by atoms with Crippen molar-refractivity contribution in [2.24, 2.45) is 0 Å². The van der Waals surface area contributed by atoms with Gasteiger partial charge in [-0.2, -0.15) is 0 Å². The number of nitrogens with zero attached hydrogens (tertiary/aromatic N) is 1. The van der Waals surface area contributed by atoms with Crippen LogP contribution in [-0.4, -0.2) is 53.7 Å². The highest BCUT2D eigenvalue weighted by Gasteiger charge is 2.20. The molecule has 2 N–H and O–H groups in total. The zero-order valence-electron chi connectivity index (χ0n) is 19.1. The highest BCUT2D eigenvalue weighted by molar-refractivity contribution is 7.92. The molecular weight excluding hydrogens is 530 g/mol. The number of benzene rings is 3. The summed E-state index contributed by atoms with van der Waals surface area (Å²) < 4.78 is 58.0. The normalized spacial score (nSPS) is 11.7. The van der Waals surface area contributed by atoms with Gasteiger partial charge in [0.1, 0.15) is 0 Å². The molecule has 0 saturated heterocycles. The minimum Gasteiger partial charge on any atom is -0.452 e. The van der Waals surface area contributed by atoms with Crippen LogP contribution in [0.4, 0.5) is 11.4 Å². The highest BCUT2D eigenvalue weighted by atomic mass is 35.5. The molecule has 0 unspecified atom stereocenters. The lowest BCUT2D eigenvalue weighted by Gasteiger charge is -2.14. The van der Waals surface area contributed by atoms with Crippen molar-refractivity contribution in [3.63, 3.8) is 0 Å². The number of carbonyl (C=O) groups is 2. The topological polar surface area (TPSA) is 139 Å². The van der Waals surface area contributed by atoms with Crippen LogP contribution in [-0.2, 0) is 29.6 Å². The molecule has 0 aliphatic heterocycles. The molecule has 0 atom stereocenters. The second-order valence-corrected chi connectivity index (χ2v) is 11.8. The van der Waals surface area contributed by atoms with Crippen molar-refractivity contribution in [1.82, 2.24) is 4.31 Å². The molecule has 0 spiro atoms. The molecule has 0 saturated carbocycles. The van der Waals surface area contributed by atoms with Crippen LogP contribution in [0.15, 0.2) is 82.6 Å². The van der Waals surface area contributed by atoms with E-state index in [1.165, 1.54) is 56.6 Å². The molecule has 10 nitrogen and oxygen atoms in total. The molecule has 0 bridgehead atoms. The Balaban J connectivity index is 1.62. The van der Waals surface area contributed by atoms with Gasteiger partial charge in [0, 0.05) is 19.8 Å². The number of sulfonamides is 2. The average molecular weight is 552 g/mol. The van der Waals surface area contributed by atoms with Gasteiger partial charge in [-0.25, -0.2) is 25.9 Å². The van der Waals surface area contributed by atoms with E-state index in [2.05, 4.69) is 10.0 Å². The zero-order chi connectivity index (χ0) is 26.5. The lowest BCUT2D eigenvalue weighted by Crippen LogP contribution is -2.23. The predicted molar refractivity (Wildman–Crippen MR) is 135 cm³/mol.